The van der Waals surface area contributed by atoms with E-state index in [1.165, 1.54) is 0 Å². The van der Waals surface area contributed by atoms with Crippen molar-refractivity contribution < 1.29 is 0 Å². The molecule has 1 unspecified atom stereocenters. The topological polar surface area (TPSA) is 69.6 Å². The minimum Gasteiger partial charge on any atom is -0.330 e. The SMILES string of the molecule is CCCCn1nnnc1CSCC(C)CN. The molecule has 6 heteroatoms. The second-order valence-corrected chi connectivity index (χ2v) is 5.06. The Morgan fingerprint density at radius 1 is 1.50 bits per heavy atom. The third kappa shape index (κ3) is 4.49. The van der Waals surface area contributed by atoms with Crippen LogP contribution in [0.2, 0.25) is 0 Å². The van der Waals surface area contributed by atoms with Gasteiger partial charge in [-0.1, -0.05) is 20.3 Å². The van der Waals surface area contributed by atoms with Crippen molar-refractivity contribution in [3.63, 3.8) is 0 Å². The van der Waals surface area contributed by atoms with E-state index in [1.807, 2.05) is 16.4 Å². The number of rotatable bonds is 8. The van der Waals surface area contributed by atoms with Crippen molar-refractivity contribution in [1.82, 2.24) is 20.2 Å². The smallest absolute Gasteiger partial charge is 0.161 e. The summed E-state index contributed by atoms with van der Waals surface area (Å²) in [4.78, 5) is 0. The highest BCUT2D eigenvalue weighted by molar-refractivity contribution is 7.98. The van der Waals surface area contributed by atoms with Gasteiger partial charge in [-0.25, -0.2) is 4.68 Å². The van der Waals surface area contributed by atoms with Crippen LogP contribution >= 0.6 is 11.8 Å². The lowest BCUT2D eigenvalue weighted by Gasteiger charge is -2.07. The number of hydrogen-bond donors (Lipinski definition) is 1. The van der Waals surface area contributed by atoms with Crippen LogP contribution in [-0.2, 0) is 12.3 Å². The molecule has 5 nitrogen and oxygen atoms in total. The molecule has 1 aromatic rings. The van der Waals surface area contributed by atoms with E-state index < -0.39 is 0 Å². The lowest BCUT2D eigenvalue weighted by atomic mass is 10.2. The molecule has 92 valence electrons. The Hall–Kier alpha value is -0.620. The molecule has 0 bridgehead atoms. The number of nitrogens with zero attached hydrogens (tertiary/aromatic N) is 4. The molecule has 2 N–H and O–H groups in total. The summed E-state index contributed by atoms with van der Waals surface area (Å²) in [5.74, 6) is 3.48. The van der Waals surface area contributed by atoms with Gasteiger partial charge in [0.15, 0.2) is 5.82 Å². The number of thioether (sulfide) groups is 1. The lowest BCUT2D eigenvalue weighted by Crippen LogP contribution is -2.13. The van der Waals surface area contributed by atoms with Crippen LogP contribution < -0.4 is 5.73 Å². The van der Waals surface area contributed by atoms with Crippen molar-refractivity contribution in [2.45, 2.75) is 39.0 Å². The van der Waals surface area contributed by atoms with Crippen molar-refractivity contribution in [3.8, 4) is 0 Å². The summed E-state index contributed by atoms with van der Waals surface area (Å²) in [7, 11) is 0. The molecule has 0 saturated heterocycles. The lowest BCUT2D eigenvalue weighted by molar-refractivity contribution is 0.540. The van der Waals surface area contributed by atoms with Gasteiger partial charge >= 0.3 is 0 Å². The van der Waals surface area contributed by atoms with Crippen LogP contribution in [0.3, 0.4) is 0 Å². The standard InChI is InChI=1S/C10H21N5S/c1-3-4-5-15-10(12-13-14-15)8-16-7-9(2)6-11/h9H,3-8,11H2,1-2H3. The summed E-state index contributed by atoms with van der Waals surface area (Å²) < 4.78 is 1.91. The van der Waals surface area contributed by atoms with Gasteiger partial charge in [-0.2, -0.15) is 11.8 Å². The molecule has 0 spiro atoms. The van der Waals surface area contributed by atoms with Gasteiger partial charge in [-0.05, 0) is 35.1 Å². The second-order valence-electron chi connectivity index (χ2n) is 4.03. The molecule has 0 aliphatic heterocycles. The summed E-state index contributed by atoms with van der Waals surface area (Å²) in [6.45, 7) is 5.99. The Kier molecular flexibility index (Phi) is 6.40. The third-order valence-corrected chi connectivity index (χ3v) is 3.63. The quantitative estimate of drug-likeness (QED) is 0.745. The van der Waals surface area contributed by atoms with Gasteiger partial charge in [0, 0.05) is 6.54 Å². The first-order chi connectivity index (χ1) is 7.77. The molecule has 0 amide bonds. The van der Waals surface area contributed by atoms with Crippen molar-refractivity contribution in [2.24, 2.45) is 11.7 Å². The summed E-state index contributed by atoms with van der Waals surface area (Å²) in [6.07, 6.45) is 2.29. The van der Waals surface area contributed by atoms with Crippen LogP contribution in [0.15, 0.2) is 0 Å². The molecule has 1 rings (SSSR count). The van der Waals surface area contributed by atoms with E-state index in [4.69, 9.17) is 5.73 Å². The molecule has 1 aromatic heterocycles. The van der Waals surface area contributed by atoms with Crippen molar-refractivity contribution in [1.29, 1.82) is 0 Å². The van der Waals surface area contributed by atoms with Gasteiger partial charge < -0.3 is 5.73 Å². The zero-order valence-corrected chi connectivity index (χ0v) is 10.9. The summed E-state index contributed by atoms with van der Waals surface area (Å²) in [5, 5.41) is 11.7. The summed E-state index contributed by atoms with van der Waals surface area (Å²) in [6, 6.07) is 0. The van der Waals surface area contributed by atoms with E-state index in [1.54, 1.807) is 0 Å². The Morgan fingerprint density at radius 3 is 3.00 bits per heavy atom. The van der Waals surface area contributed by atoms with Crippen LogP contribution in [0.25, 0.3) is 0 Å². The fourth-order valence-corrected chi connectivity index (χ4v) is 2.27. The normalized spacial score (nSPS) is 12.9. The van der Waals surface area contributed by atoms with Crippen LogP contribution in [0.5, 0.6) is 0 Å². The van der Waals surface area contributed by atoms with E-state index in [0.29, 0.717) is 5.92 Å². The maximum absolute atomic E-state index is 5.57. The van der Waals surface area contributed by atoms with Gasteiger partial charge in [-0.3, -0.25) is 0 Å². The Balaban J connectivity index is 2.32. The highest BCUT2D eigenvalue weighted by atomic mass is 32.2. The maximum Gasteiger partial charge on any atom is 0.161 e. The van der Waals surface area contributed by atoms with Crippen molar-refractivity contribution >= 4 is 11.8 Å². The number of aromatic nitrogens is 4. The molecule has 0 fully saturated rings. The first-order valence-electron chi connectivity index (χ1n) is 5.80. The first kappa shape index (κ1) is 13.4. The largest absolute Gasteiger partial charge is 0.330 e. The fraction of sp³-hybridized carbons (Fsp3) is 0.900. The van der Waals surface area contributed by atoms with E-state index in [2.05, 4.69) is 29.4 Å². The third-order valence-electron chi connectivity index (χ3n) is 2.37. The number of hydrogen-bond acceptors (Lipinski definition) is 5. The molecular formula is C10H21N5S. The fourth-order valence-electron chi connectivity index (χ4n) is 1.23. The van der Waals surface area contributed by atoms with Gasteiger partial charge in [0.2, 0.25) is 0 Å². The molecule has 0 radical (unpaired) electrons. The average molecular weight is 243 g/mol. The van der Waals surface area contributed by atoms with E-state index >= 15 is 0 Å². The van der Waals surface area contributed by atoms with Crippen LogP contribution in [0.1, 0.15) is 32.5 Å². The number of aryl methyl sites for hydroxylation is 1. The number of unbranched alkanes of at least 4 members (excludes halogenated alkanes) is 1. The molecular weight excluding hydrogens is 222 g/mol. The number of nitrogens with two attached hydrogens (primary N) is 1. The highest BCUT2D eigenvalue weighted by Crippen LogP contribution is 2.13. The van der Waals surface area contributed by atoms with Crippen molar-refractivity contribution in [2.75, 3.05) is 12.3 Å². The molecule has 0 aliphatic rings. The zero-order valence-electron chi connectivity index (χ0n) is 10.1. The van der Waals surface area contributed by atoms with Crippen LogP contribution in [0, 0.1) is 5.92 Å². The molecule has 0 aliphatic carbocycles. The minimum atomic E-state index is 0.560. The van der Waals surface area contributed by atoms with Gasteiger partial charge in [0.05, 0.1) is 5.75 Å². The summed E-state index contributed by atoms with van der Waals surface area (Å²) in [5.41, 5.74) is 5.57. The van der Waals surface area contributed by atoms with Crippen molar-refractivity contribution in [3.05, 3.63) is 5.82 Å². The Labute approximate surface area is 101 Å². The van der Waals surface area contributed by atoms with E-state index in [9.17, 15) is 0 Å². The molecule has 0 saturated carbocycles. The molecule has 1 atom stereocenters. The van der Waals surface area contributed by atoms with Crippen LogP contribution in [0.4, 0.5) is 0 Å². The Morgan fingerprint density at radius 2 is 2.31 bits per heavy atom. The predicted molar refractivity (Wildman–Crippen MR) is 67.1 cm³/mol. The second kappa shape index (κ2) is 7.62. The van der Waals surface area contributed by atoms with E-state index in [-0.39, 0.29) is 0 Å². The number of tetrazole rings is 1. The van der Waals surface area contributed by atoms with Crippen LogP contribution in [-0.4, -0.2) is 32.5 Å². The zero-order chi connectivity index (χ0) is 11.8. The predicted octanol–water partition coefficient (Wildman–Crippen LogP) is 1.30. The monoisotopic (exact) mass is 243 g/mol. The first-order valence-corrected chi connectivity index (χ1v) is 6.96. The minimum absolute atomic E-state index is 0.560. The Bertz CT molecular complexity index is 288. The molecule has 1 heterocycles. The maximum atomic E-state index is 5.57. The molecule has 16 heavy (non-hydrogen) atoms. The highest BCUT2D eigenvalue weighted by Gasteiger charge is 2.06. The average Bonchev–Trinajstić information content (AvgIpc) is 2.73. The van der Waals surface area contributed by atoms with Gasteiger partial charge in [0.25, 0.3) is 0 Å². The van der Waals surface area contributed by atoms with Gasteiger partial charge in [-0.15, -0.1) is 5.10 Å². The molecule has 0 aromatic carbocycles. The summed E-state index contributed by atoms with van der Waals surface area (Å²) >= 11 is 1.85. The van der Waals surface area contributed by atoms with Gasteiger partial charge in [0.1, 0.15) is 0 Å². The van der Waals surface area contributed by atoms with E-state index in [0.717, 1.165) is 43.3 Å².